The quantitative estimate of drug-likeness (QED) is 0.826. The van der Waals surface area contributed by atoms with E-state index in [1.807, 2.05) is 26.0 Å². The maximum Gasteiger partial charge on any atom is 0.310 e. The van der Waals surface area contributed by atoms with Crippen LogP contribution >= 0.6 is 11.6 Å². The number of aromatic nitrogens is 2. The molecule has 0 spiro atoms. The van der Waals surface area contributed by atoms with Crippen LogP contribution < -0.4 is 5.32 Å². The van der Waals surface area contributed by atoms with E-state index in [1.165, 1.54) is 0 Å². The molecule has 6 nitrogen and oxygen atoms in total. The van der Waals surface area contributed by atoms with E-state index < -0.39 is 11.4 Å². The molecular formula is C18H22ClN3O3. The van der Waals surface area contributed by atoms with E-state index in [9.17, 15) is 9.59 Å². The molecule has 0 saturated carbocycles. The summed E-state index contributed by atoms with van der Waals surface area (Å²) in [4.78, 5) is 23.3. The summed E-state index contributed by atoms with van der Waals surface area (Å²) in [6, 6.07) is 7.30. The van der Waals surface area contributed by atoms with Gasteiger partial charge in [-0.1, -0.05) is 11.6 Å². The normalized spacial score (nSPS) is 11.4. The predicted octanol–water partition coefficient (Wildman–Crippen LogP) is 2.91. The van der Waals surface area contributed by atoms with Crippen molar-refractivity contribution in [3.63, 3.8) is 0 Å². The Morgan fingerprint density at radius 3 is 2.40 bits per heavy atom. The molecule has 1 amide bonds. The summed E-state index contributed by atoms with van der Waals surface area (Å²) in [5.41, 5.74) is 2.32. The Balaban J connectivity index is 2.14. The number of benzene rings is 1. The first-order valence-electron chi connectivity index (χ1n) is 7.93. The molecule has 2 aromatic rings. The fourth-order valence-corrected chi connectivity index (χ4v) is 2.51. The van der Waals surface area contributed by atoms with Crippen LogP contribution in [0, 0.1) is 19.3 Å². The SMILES string of the molecule is Cc1nn(-c2ccc(Cl)cc2)c(C)c1CC(=O)NCC(C)(C)C(=O)O. The smallest absolute Gasteiger partial charge is 0.310 e. The van der Waals surface area contributed by atoms with E-state index in [4.69, 9.17) is 16.7 Å². The van der Waals surface area contributed by atoms with Gasteiger partial charge >= 0.3 is 5.97 Å². The second-order valence-electron chi connectivity index (χ2n) is 6.68. The molecule has 2 rings (SSSR count). The molecule has 1 aromatic carbocycles. The maximum atomic E-state index is 12.2. The molecule has 0 fully saturated rings. The van der Waals surface area contributed by atoms with Gasteiger partial charge in [0.05, 0.1) is 23.2 Å². The van der Waals surface area contributed by atoms with E-state index in [-0.39, 0.29) is 18.9 Å². The zero-order valence-electron chi connectivity index (χ0n) is 14.8. The average molecular weight is 364 g/mol. The van der Waals surface area contributed by atoms with Gasteiger partial charge < -0.3 is 10.4 Å². The van der Waals surface area contributed by atoms with Crippen molar-refractivity contribution in [1.29, 1.82) is 0 Å². The first kappa shape index (κ1) is 19.0. The largest absolute Gasteiger partial charge is 0.481 e. The predicted molar refractivity (Wildman–Crippen MR) is 96.2 cm³/mol. The number of carbonyl (C=O) groups is 2. The lowest BCUT2D eigenvalue weighted by Crippen LogP contribution is -2.39. The van der Waals surface area contributed by atoms with Crippen LogP contribution in [-0.4, -0.2) is 33.3 Å². The molecule has 0 bridgehead atoms. The van der Waals surface area contributed by atoms with E-state index in [1.54, 1.807) is 30.7 Å². The van der Waals surface area contributed by atoms with Crippen molar-refractivity contribution in [2.45, 2.75) is 34.1 Å². The van der Waals surface area contributed by atoms with Crippen molar-refractivity contribution in [2.75, 3.05) is 6.54 Å². The zero-order valence-corrected chi connectivity index (χ0v) is 15.5. The topological polar surface area (TPSA) is 84.2 Å². The number of amides is 1. The Labute approximate surface area is 151 Å². The third kappa shape index (κ3) is 4.39. The van der Waals surface area contributed by atoms with Crippen LogP contribution in [0.2, 0.25) is 5.02 Å². The first-order chi connectivity index (χ1) is 11.6. The van der Waals surface area contributed by atoms with Gasteiger partial charge in [-0.05, 0) is 52.0 Å². The van der Waals surface area contributed by atoms with Crippen molar-refractivity contribution in [3.05, 3.63) is 46.2 Å². The fourth-order valence-electron chi connectivity index (χ4n) is 2.38. The minimum absolute atomic E-state index is 0.0740. The highest BCUT2D eigenvalue weighted by atomic mass is 35.5. The number of nitrogens with zero attached hydrogens (tertiary/aromatic N) is 2. The zero-order chi connectivity index (χ0) is 18.8. The van der Waals surface area contributed by atoms with Crippen LogP contribution in [0.4, 0.5) is 0 Å². The van der Waals surface area contributed by atoms with Gasteiger partial charge in [0.1, 0.15) is 0 Å². The van der Waals surface area contributed by atoms with Gasteiger partial charge in [-0.2, -0.15) is 5.10 Å². The molecule has 0 aliphatic carbocycles. The van der Waals surface area contributed by atoms with Gasteiger partial charge in [-0.15, -0.1) is 0 Å². The standard InChI is InChI=1S/C18H22ClN3O3/c1-11-15(9-16(23)20-10-18(3,4)17(24)25)12(2)22(21-11)14-7-5-13(19)6-8-14/h5-8H,9-10H2,1-4H3,(H,20,23)(H,24,25). The molecule has 1 heterocycles. The van der Waals surface area contributed by atoms with Crippen LogP contribution in [-0.2, 0) is 16.0 Å². The average Bonchev–Trinajstić information content (AvgIpc) is 2.82. The molecule has 0 radical (unpaired) electrons. The summed E-state index contributed by atoms with van der Waals surface area (Å²) < 4.78 is 1.77. The molecule has 0 aliphatic rings. The molecule has 1 aromatic heterocycles. The number of nitrogens with one attached hydrogen (secondary N) is 1. The molecule has 7 heteroatoms. The molecular weight excluding hydrogens is 342 g/mol. The second-order valence-corrected chi connectivity index (χ2v) is 7.12. The highest BCUT2D eigenvalue weighted by molar-refractivity contribution is 6.30. The van der Waals surface area contributed by atoms with Crippen molar-refractivity contribution in [1.82, 2.24) is 15.1 Å². The minimum atomic E-state index is -1.01. The van der Waals surface area contributed by atoms with Crippen molar-refractivity contribution >= 4 is 23.5 Å². The summed E-state index contributed by atoms with van der Waals surface area (Å²) in [7, 11) is 0. The van der Waals surface area contributed by atoms with Gasteiger partial charge in [0, 0.05) is 22.8 Å². The summed E-state index contributed by atoms with van der Waals surface area (Å²) in [5.74, 6) is -1.17. The van der Waals surface area contributed by atoms with Crippen LogP contribution in [0.5, 0.6) is 0 Å². The Hall–Kier alpha value is -2.34. The third-order valence-corrected chi connectivity index (χ3v) is 4.41. The Kier molecular flexibility index (Phi) is 5.52. The molecule has 2 N–H and O–H groups in total. The molecule has 134 valence electrons. The van der Waals surface area contributed by atoms with E-state index in [0.717, 1.165) is 22.6 Å². The Morgan fingerprint density at radius 1 is 1.24 bits per heavy atom. The summed E-state index contributed by atoms with van der Waals surface area (Å²) in [6.07, 6.45) is 0.154. The molecule has 25 heavy (non-hydrogen) atoms. The van der Waals surface area contributed by atoms with Gasteiger partial charge in [0.2, 0.25) is 5.91 Å². The van der Waals surface area contributed by atoms with Crippen molar-refractivity contribution in [2.24, 2.45) is 5.41 Å². The summed E-state index contributed by atoms with van der Waals surface area (Å²) in [6.45, 7) is 6.97. The Bertz CT molecular complexity index is 795. The van der Waals surface area contributed by atoms with Crippen LogP contribution in [0.3, 0.4) is 0 Å². The van der Waals surface area contributed by atoms with Crippen LogP contribution in [0.15, 0.2) is 24.3 Å². The van der Waals surface area contributed by atoms with E-state index >= 15 is 0 Å². The number of carbonyl (C=O) groups excluding carboxylic acids is 1. The number of hydrogen-bond donors (Lipinski definition) is 2. The van der Waals surface area contributed by atoms with Crippen LogP contribution in [0.25, 0.3) is 5.69 Å². The van der Waals surface area contributed by atoms with Crippen molar-refractivity contribution in [3.8, 4) is 5.69 Å². The lowest BCUT2D eigenvalue weighted by molar-refractivity contribution is -0.146. The van der Waals surface area contributed by atoms with Gasteiger partial charge in [-0.25, -0.2) is 4.68 Å². The maximum absolute atomic E-state index is 12.2. The number of hydrogen-bond acceptors (Lipinski definition) is 3. The molecule has 0 atom stereocenters. The molecule has 0 unspecified atom stereocenters. The van der Waals surface area contributed by atoms with Crippen molar-refractivity contribution < 1.29 is 14.7 Å². The van der Waals surface area contributed by atoms with E-state index in [0.29, 0.717) is 5.02 Å². The molecule has 0 aliphatic heterocycles. The highest BCUT2D eigenvalue weighted by Gasteiger charge is 2.27. The second kappa shape index (κ2) is 7.27. The summed E-state index contributed by atoms with van der Waals surface area (Å²) >= 11 is 5.91. The number of aliphatic carboxylic acids is 1. The Morgan fingerprint density at radius 2 is 1.84 bits per heavy atom. The fraction of sp³-hybridized carbons (Fsp3) is 0.389. The van der Waals surface area contributed by atoms with Crippen LogP contribution in [0.1, 0.15) is 30.8 Å². The first-order valence-corrected chi connectivity index (χ1v) is 8.31. The van der Waals surface area contributed by atoms with Gasteiger partial charge in [0.25, 0.3) is 0 Å². The lowest BCUT2D eigenvalue weighted by Gasteiger charge is -2.19. The van der Waals surface area contributed by atoms with E-state index in [2.05, 4.69) is 10.4 Å². The van der Waals surface area contributed by atoms with Gasteiger partial charge in [0.15, 0.2) is 0 Å². The van der Waals surface area contributed by atoms with Gasteiger partial charge in [-0.3, -0.25) is 9.59 Å². The number of rotatable bonds is 6. The number of carboxylic acid groups (broad SMARTS) is 1. The minimum Gasteiger partial charge on any atom is -0.481 e. The number of aryl methyl sites for hydroxylation is 1. The number of carboxylic acids is 1. The monoisotopic (exact) mass is 363 g/mol. The highest BCUT2D eigenvalue weighted by Crippen LogP contribution is 2.20. The third-order valence-electron chi connectivity index (χ3n) is 4.16. The number of halogens is 1. The summed E-state index contributed by atoms with van der Waals surface area (Å²) in [5, 5.41) is 16.9. The lowest BCUT2D eigenvalue weighted by atomic mass is 9.94. The molecule has 0 saturated heterocycles.